The summed E-state index contributed by atoms with van der Waals surface area (Å²) in [4.78, 5) is 30.9. The van der Waals surface area contributed by atoms with E-state index < -0.39 is 5.92 Å². The molecule has 1 saturated carbocycles. The monoisotopic (exact) mass is 423 g/mol. The Kier molecular flexibility index (Phi) is 6.05. The summed E-state index contributed by atoms with van der Waals surface area (Å²) in [6.45, 7) is 8.18. The van der Waals surface area contributed by atoms with Gasteiger partial charge < -0.3 is 9.47 Å². The van der Waals surface area contributed by atoms with Gasteiger partial charge in [0.2, 0.25) is 0 Å². The molecule has 166 valence electrons. The van der Waals surface area contributed by atoms with Crippen LogP contribution in [0.5, 0.6) is 5.75 Å². The number of ketones is 1. The van der Waals surface area contributed by atoms with Crippen molar-refractivity contribution in [2.24, 2.45) is 16.3 Å². The molecule has 1 aromatic rings. The van der Waals surface area contributed by atoms with Crippen LogP contribution in [-0.4, -0.2) is 30.2 Å². The minimum Gasteiger partial charge on any atom is -0.490 e. The number of allylic oxidation sites excluding steroid dienone is 2. The number of rotatable bonds is 5. The van der Waals surface area contributed by atoms with Crippen LogP contribution in [0.3, 0.4) is 0 Å². The van der Waals surface area contributed by atoms with E-state index in [1.807, 2.05) is 31.2 Å². The minimum absolute atomic E-state index is 0.0908. The highest BCUT2D eigenvalue weighted by molar-refractivity contribution is 6.09. The zero-order chi connectivity index (χ0) is 22.2. The number of carbonyl (C=O) groups excluding carboxylic acids is 2. The molecule has 5 nitrogen and oxygen atoms in total. The smallest absolute Gasteiger partial charge is 0.315 e. The first-order chi connectivity index (χ1) is 14.8. The maximum absolute atomic E-state index is 13.3. The lowest BCUT2D eigenvalue weighted by Gasteiger charge is -2.39. The number of hydrogen-bond donors (Lipinski definition) is 0. The van der Waals surface area contributed by atoms with E-state index in [1.165, 1.54) is 12.8 Å². The Morgan fingerprint density at radius 2 is 1.81 bits per heavy atom. The Labute approximate surface area is 184 Å². The van der Waals surface area contributed by atoms with Gasteiger partial charge in [0.15, 0.2) is 5.78 Å². The maximum Gasteiger partial charge on any atom is 0.315 e. The van der Waals surface area contributed by atoms with Gasteiger partial charge in [-0.1, -0.05) is 26.0 Å². The molecule has 1 heterocycles. The van der Waals surface area contributed by atoms with E-state index in [-0.39, 0.29) is 23.1 Å². The molecule has 0 N–H and O–H groups in total. The van der Waals surface area contributed by atoms with Gasteiger partial charge in [-0.05, 0) is 69.1 Å². The predicted molar refractivity (Wildman–Crippen MR) is 120 cm³/mol. The fourth-order valence-corrected chi connectivity index (χ4v) is 5.29. The van der Waals surface area contributed by atoms with Crippen LogP contribution in [-0.2, 0) is 14.3 Å². The molecule has 0 aromatic heterocycles. The van der Waals surface area contributed by atoms with Crippen LogP contribution in [0.1, 0.15) is 77.7 Å². The van der Waals surface area contributed by atoms with Crippen LogP contribution in [0.15, 0.2) is 40.5 Å². The quantitative estimate of drug-likeness (QED) is 0.596. The Balaban J connectivity index is 1.71. The number of esters is 1. The highest BCUT2D eigenvalue weighted by atomic mass is 16.5. The first-order valence-corrected chi connectivity index (χ1v) is 11.5. The highest BCUT2D eigenvalue weighted by Gasteiger charge is 2.46. The van der Waals surface area contributed by atoms with Crippen molar-refractivity contribution in [2.45, 2.75) is 78.2 Å². The number of hydrogen-bond acceptors (Lipinski definition) is 5. The largest absolute Gasteiger partial charge is 0.490 e. The molecule has 31 heavy (non-hydrogen) atoms. The predicted octanol–water partition coefficient (Wildman–Crippen LogP) is 5.39. The molecule has 1 aliphatic heterocycles. The lowest BCUT2D eigenvalue weighted by Crippen LogP contribution is -2.39. The number of benzene rings is 1. The van der Waals surface area contributed by atoms with Crippen LogP contribution in [0.2, 0.25) is 0 Å². The number of aliphatic imine (C=N–C) groups is 1. The van der Waals surface area contributed by atoms with Crippen LogP contribution < -0.4 is 4.74 Å². The van der Waals surface area contributed by atoms with Gasteiger partial charge in [0, 0.05) is 29.3 Å². The summed E-state index contributed by atoms with van der Waals surface area (Å²) in [5.41, 5.74) is 3.05. The van der Waals surface area contributed by atoms with Crippen LogP contribution >= 0.6 is 0 Å². The summed E-state index contributed by atoms with van der Waals surface area (Å²) < 4.78 is 11.5. The molecule has 0 radical (unpaired) electrons. The third-order valence-electron chi connectivity index (χ3n) is 6.69. The molecule has 2 aliphatic carbocycles. The molecule has 1 fully saturated rings. The molecule has 1 unspecified atom stereocenters. The van der Waals surface area contributed by atoms with Crippen molar-refractivity contribution in [3.8, 4) is 5.75 Å². The molecular formula is C26H33NO4. The van der Waals surface area contributed by atoms with Crippen molar-refractivity contribution in [2.75, 3.05) is 6.61 Å². The van der Waals surface area contributed by atoms with E-state index >= 15 is 0 Å². The van der Waals surface area contributed by atoms with E-state index in [2.05, 4.69) is 13.8 Å². The fraction of sp³-hybridized carbons (Fsp3) is 0.577. The van der Waals surface area contributed by atoms with Gasteiger partial charge in [0.1, 0.15) is 11.7 Å². The molecular weight excluding hydrogens is 390 g/mol. The summed E-state index contributed by atoms with van der Waals surface area (Å²) in [7, 11) is 0. The summed E-state index contributed by atoms with van der Waals surface area (Å²) >= 11 is 0. The van der Waals surface area contributed by atoms with Crippen molar-refractivity contribution >= 4 is 17.5 Å². The van der Waals surface area contributed by atoms with Crippen molar-refractivity contribution < 1.29 is 19.1 Å². The summed E-state index contributed by atoms with van der Waals surface area (Å²) in [6, 6.07) is 7.93. The molecule has 5 heteroatoms. The Hall–Kier alpha value is -2.43. The molecule has 0 saturated heterocycles. The second kappa shape index (κ2) is 8.60. The van der Waals surface area contributed by atoms with Crippen LogP contribution in [0.25, 0.3) is 0 Å². The lowest BCUT2D eigenvalue weighted by molar-refractivity contribution is -0.146. The van der Waals surface area contributed by atoms with Crippen molar-refractivity contribution in [3.63, 3.8) is 0 Å². The third kappa shape index (κ3) is 4.46. The average Bonchev–Trinajstić information content (AvgIpc) is 3.19. The van der Waals surface area contributed by atoms with Gasteiger partial charge in [0.25, 0.3) is 0 Å². The number of ether oxygens (including phenoxy) is 2. The van der Waals surface area contributed by atoms with Crippen LogP contribution in [0, 0.1) is 11.3 Å². The molecule has 3 aliphatic rings. The first-order valence-electron chi connectivity index (χ1n) is 11.5. The highest BCUT2D eigenvalue weighted by Crippen LogP contribution is 2.48. The van der Waals surface area contributed by atoms with Gasteiger partial charge in [-0.25, -0.2) is 0 Å². The average molecular weight is 424 g/mol. The molecule has 2 atom stereocenters. The SMILES string of the molecule is CCOC(=O)C1C(C)=NC2=C(C(=O)CC(C)(C)C2)[C@@H]1c1ccc(OC2CCCC2)cc1. The van der Waals surface area contributed by atoms with E-state index in [1.54, 1.807) is 6.92 Å². The van der Waals surface area contributed by atoms with Gasteiger partial charge in [0.05, 0.1) is 12.7 Å². The number of nitrogens with zero attached hydrogens (tertiary/aromatic N) is 1. The van der Waals surface area contributed by atoms with E-state index in [4.69, 9.17) is 14.5 Å². The standard InChI is InChI=1S/C26H33NO4/c1-5-30-25(29)22-16(2)27-20-14-26(3,4)15-21(28)24(20)23(22)17-10-12-19(13-11-17)31-18-8-6-7-9-18/h10-13,18,22-23H,5-9,14-15H2,1-4H3/t22?,23-/m1/s1. The number of Topliss-reactive ketones (excluding diaryl/α,β-unsaturated/α-hetero) is 1. The Morgan fingerprint density at radius 1 is 1.13 bits per heavy atom. The minimum atomic E-state index is -0.578. The zero-order valence-corrected chi connectivity index (χ0v) is 19.1. The Morgan fingerprint density at radius 3 is 2.45 bits per heavy atom. The molecule has 0 spiro atoms. The molecule has 4 rings (SSSR count). The van der Waals surface area contributed by atoms with E-state index in [0.717, 1.165) is 42.0 Å². The second-order valence-electron chi connectivity index (χ2n) is 9.86. The van der Waals surface area contributed by atoms with Gasteiger partial charge in [-0.2, -0.15) is 0 Å². The zero-order valence-electron chi connectivity index (χ0n) is 19.1. The van der Waals surface area contributed by atoms with Crippen molar-refractivity contribution in [1.82, 2.24) is 0 Å². The summed E-state index contributed by atoms with van der Waals surface area (Å²) in [6.07, 6.45) is 6.14. The molecule has 0 bridgehead atoms. The second-order valence-corrected chi connectivity index (χ2v) is 9.86. The first kappa shape index (κ1) is 21.8. The van der Waals surface area contributed by atoms with E-state index in [9.17, 15) is 9.59 Å². The normalized spacial score (nSPS) is 25.8. The fourth-order valence-electron chi connectivity index (χ4n) is 5.29. The molecule has 1 aromatic carbocycles. The number of carbonyl (C=O) groups is 2. The van der Waals surface area contributed by atoms with Crippen molar-refractivity contribution in [1.29, 1.82) is 0 Å². The van der Waals surface area contributed by atoms with Crippen molar-refractivity contribution in [3.05, 3.63) is 41.1 Å². The summed E-state index contributed by atoms with van der Waals surface area (Å²) in [5.74, 6) is -0.326. The van der Waals surface area contributed by atoms with Gasteiger partial charge >= 0.3 is 5.97 Å². The lowest BCUT2D eigenvalue weighted by atomic mass is 9.67. The summed E-state index contributed by atoms with van der Waals surface area (Å²) in [5, 5.41) is 0. The van der Waals surface area contributed by atoms with Gasteiger partial charge in [-0.3, -0.25) is 14.6 Å². The van der Waals surface area contributed by atoms with Crippen LogP contribution in [0.4, 0.5) is 0 Å². The van der Waals surface area contributed by atoms with Gasteiger partial charge in [-0.15, -0.1) is 0 Å². The molecule has 0 amide bonds. The van der Waals surface area contributed by atoms with E-state index in [0.29, 0.717) is 24.7 Å². The third-order valence-corrected chi connectivity index (χ3v) is 6.69. The Bertz CT molecular complexity index is 919. The maximum atomic E-state index is 13.3. The topological polar surface area (TPSA) is 65.0 Å².